The zero-order chi connectivity index (χ0) is 22.2. The number of carbonyl (C=O) groups excluding carboxylic acids is 2. The molecule has 2 amide bonds. The number of hydrogen-bond acceptors (Lipinski definition) is 4. The first-order chi connectivity index (χ1) is 15.0. The molecule has 2 heterocycles. The van der Waals surface area contributed by atoms with Gasteiger partial charge in [0.25, 0.3) is 11.8 Å². The van der Waals surface area contributed by atoms with Crippen LogP contribution in [0.25, 0.3) is 0 Å². The van der Waals surface area contributed by atoms with Gasteiger partial charge in [-0.1, -0.05) is 19.1 Å². The Hall–Kier alpha value is -2.61. The van der Waals surface area contributed by atoms with Crippen LogP contribution in [0.2, 0.25) is 0 Å². The third-order valence-corrected chi connectivity index (χ3v) is 5.94. The van der Waals surface area contributed by atoms with Crippen molar-refractivity contribution in [2.75, 3.05) is 39.8 Å². The van der Waals surface area contributed by atoms with Gasteiger partial charge in [-0.05, 0) is 43.9 Å². The third-order valence-electron chi connectivity index (χ3n) is 5.94. The minimum Gasteiger partial charge on any atom is -0.368 e. The second-order valence-electron chi connectivity index (χ2n) is 8.20. The van der Waals surface area contributed by atoms with E-state index in [1.807, 2.05) is 36.1 Å². The van der Waals surface area contributed by atoms with Gasteiger partial charge in [-0.15, -0.1) is 0 Å². The molecule has 0 aliphatic carbocycles. The molecular weight excluding hydrogens is 394 g/mol. The van der Waals surface area contributed by atoms with Crippen molar-refractivity contribution in [3.63, 3.8) is 0 Å². The molecule has 0 aromatic heterocycles. The SMILES string of the molecule is CCC(C)NC(=O)c1cccc(CNC(=NC)N2CCN(C(=O)C3CCCO3)CC2)c1. The summed E-state index contributed by atoms with van der Waals surface area (Å²) in [4.78, 5) is 33.4. The molecule has 8 heteroatoms. The van der Waals surface area contributed by atoms with E-state index in [0.717, 1.165) is 43.9 Å². The number of ether oxygens (including phenoxy) is 1. The number of piperazine rings is 1. The molecule has 0 radical (unpaired) electrons. The number of carbonyl (C=O) groups is 2. The topological polar surface area (TPSA) is 86.3 Å². The van der Waals surface area contributed by atoms with E-state index in [1.54, 1.807) is 7.05 Å². The molecule has 2 fully saturated rings. The van der Waals surface area contributed by atoms with Crippen LogP contribution in [-0.4, -0.2) is 79.6 Å². The van der Waals surface area contributed by atoms with Crippen LogP contribution in [0.3, 0.4) is 0 Å². The summed E-state index contributed by atoms with van der Waals surface area (Å²) in [6.45, 7) is 8.12. The van der Waals surface area contributed by atoms with Crippen LogP contribution in [0.4, 0.5) is 0 Å². The summed E-state index contributed by atoms with van der Waals surface area (Å²) in [5.41, 5.74) is 1.68. The highest BCUT2D eigenvalue weighted by atomic mass is 16.5. The fourth-order valence-corrected chi connectivity index (χ4v) is 3.86. The van der Waals surface area contributed by atoms with Crippen molar-refractivity contribution in [3.8, 4) is 0 Å². The largest absolute Gasteiger partial charge is 0.368 e. The van der Waals surface area contributed by atoms with E-state index in [0.29, 0.717) is 31.8 Å². The zero-order valence-corrected chi connectivity index (χ0v) is 18.9. The molecule has 1 aromatic carbocycles. The molecule has 2 unspecified atom stereocenters. The molecule has 3 rings (SSSR count). The number of guanidine groups is 1. The fraction of sp³-hybridized carbons (Fsp3) is 0.609. The lowest BCUT2D eigenvalue weighted by Gasteiger charge is -2.37. The Kier molecular flexibility index (Phi) is 8.28. The van der Waals surface area contributed by atoms with E-state index in [-0.39, 0.29) is 24.0 Å². The summed E-state index contributed by atoms with van der Waals surface area (Å²) in [5.74, 6) is 0.874. The van der Waals surface area contributed by atoms with Crippen molar-refractivity contribution >= 4 is 17.8 Å². The summed E-state index contributed by atoms with van der Waals surface area (Å²) in [6, 6.07) is 7.80. The normalized spacial score (nSPS) is 20.5. The number of hydrogen-bond donors (Lipinski definition) is 2. The highest BCUT2D eigenvalue weighted by Crippen LogP contribution is 2.16. The molecule has 2 N–H and O–H groups in total. The maximum absolute atomic E-state index is 12.5. The second-order valence-corrected chi connectivity index (χ2v) is 8.20. The van der Waals surface area contributed by atoms with Crippen molar-refractivity contribution in [1.82, 2.24) is 20.4 Å². The monoisotopic (exact) mass is 429 g/mol. The predicted octanol–water partition coefficient (Wildman–Crippen LogP) is 1.61. The molecule has 2 atom stereocenters. The molecule has 2 aliphatic rings. The highest BCUT2D eigenvalue weighted by Gasteiger charge is 2.30. The average molecular weight is 430 g/mol. The fourth-order valence-electron chi connectivity index (χ4n) is 3.86. The predicted molar refractivity (Wildman–Crippen MR) is 121 cm³/mol. The Balaban J connectivity index is 1.50. The van der Waals surface area contributed by atoms with Crippen LogP contribution in [-0.2, 0) is 16.1 Å². The maximum Gasteiger partial charge on any atom is 0.251 e. The molecule has 31 heavy (non-hydrogen) atoms. The van der Waals surface area contributed by atoms with Crippen LogP contribution >= 0.6 is 0 Å². The van der Waals surface area contributed by atoms with Gasteiger partial charge in [0.15, 0.2) is 5.96 Å². The van der Waals surface area contributed by atoms with Crippen molar-refractivity contribution < 1.29 is 14.3 Å². The van der Waals surface area contributed by atoms with Gasteiger partial charge in [0, 0.05) is 58.0 Å². The maximum atomic E-state index is 12.5. The first-order valence-electron chi connectivity index (χ1n) is 11.3. The number of benzene rings is 1. The average Bonchev–Trinajstić information content (AvgIpc) is 3.34. The number of nitrogens with one attached hydrogen (secondary N) is 2. The number of amides is 2. The lowest BCUT2D eigenvalue weighted by Crippen LogP contribution is -2.55. The van der Waals surface area contributed by atoms with E-state index < -0.39 is 0 Å². The summed E-state index contributed by atoms with van der Waals surface area (Å²) in [6.07, 6.45) is 2.44. The van der Waals surface area contributed by atoms with Crippen LogP contribution < -0.4 is 10.6 Å². The summed E-state index contributed by atoms with van der Waals surface area (Å²) in [7, 11) is 1.77. The Labute approximate surface area is 185 Å². The number of aliphatic imine (C=N–C) groups is 1. The number of nitrogens with zero attached hydrogens (tertiary/aromatic N) is 3. The lowest BCUT2D eigenvalue weighted by atomic mass is 10.1. The minimum atomic E-state index is -0.256. The van der Waals surface area contributed by atoms with E-state index in [1.165, 1.54) is 0 Å². The van der Waals surface area contributed by atoms with Crippen molar-refractivity contribution in [2.45, 2.75) is 51.8 Å². The Morgan fingerprint density at radius 3 is 2.61 bits per heavy atom. The molecular formula is C23H35N5O3. The summed E-state index contributed by atoms with van der Waals surface area (Å²) in [5, 5.41) is 6.39. The Morgan fingerprint density at radius 2 is 1.97 bits per heavy atom. The van der Waals surface area contributed by atoms with Gasteiger partial charge in [-0.3, -0.25) is 14.6 Å². The van der Waals surface area contributed by atoms with Crippen LogP contribution in [0.5, 0.6) is 0 Å². The molecule has 2 saturated heterocycles. The minimum absolute atomic E-state index is 0.0485. The number of rotatable bonds is 6. The smallest absolute Gasteiger partial charge is 0.251 e. The molecule has 2 aliphatic heterocycles. The van der Waals surface area contributed by atoms with Crippen LogP contribution in [0.15, 0.2) is 29.3 Å². The van der Waals surface area contributed by atoms with Gasteiger partial charge in [-0.25, -0.2) is 0 Å². The zero-order valence-electron chi connectivity index (χ0n) is 18.9. The summed E-state index contributed by atoms with van der Waals surface area (Å²) < 4.78 is 5.54. The van der Waals surface area contributed by atoms with E-state index in [9.17, 15) is 9.59 Å². The first kappa shape index (κ1) is 23.1. The first-order valence-corrected chi connectivity index (χ1v) is 11.3. The standard InChI is InChI=1S/C23H35N5O3/c1-4-17(2)26-21(29)19-8-5-7-18(15-19)16-25-23(24-3)28-12-10-27(11-13-28)22(30)20-9-6-14-31-20/h5,7-8,15,17,20H,4,6,9-14,16H2,1-3H3,(H,24,25)(H,26,29). The van der Waals surface area contributed by atoms with Gasteiger partial charge in [-0.2, -0.15) is 0 Å². The molecule has 1 aromatic rings. The van der Waals surface area contributed by atoms with Gasteiger partial charge in [0.05, 0.1) is 0 Å². The molecule has 0 spiro atoms. The quantitative estimate of drug-likeness (QED) is 0.530. The van der Waals surface area contributed by atoms with Crippen molar-refractivity contribution in [2.24, 2.45) is 4.99 Å². The Morgan fingerprint density at radius 1 is 1.23 bits per heavy atom. The van der Waals surface area contributed by atoms with E-state index in [4.69, 9.17) is 4.74 Å². The molecule has 0 bridgehead atoms. The summed E-state index contributed by atoms with van der Waals surface area (Å²) >= 11 is 0. The van der Waals surface area contributed by atoms with Gasteiger partial charge in [0.2, 0.25) is 0 Å². The van der Waals surface area contributed by atoms with Gasteiger partial charge < -0.3 is 25.2 Å². The lowest BCUT2D eigenvalue weighted by molar-refractivity contribution is -0.142. The second kappa shape index (κ2) is 11.1. The Bertz CT molecular complexity index is 783. The van der Waals surface area contributed by atoms with Crippen LogP contribution in [0.1, 0.15) is 49.0 Å². The van der Waals surface area contributed by atoms with Crippen LogP contribution in [0, 0.1) is 0 Å². The molecule has 0 saturated carbocycles. The van der Waals surface area contributed by atoms with Crippen molar-refractivity contribution in [1.29, 1.82) is 0 Å². The van der Waals surface area contributed by atoms with Crippen molar-refractivity contribution in [3.05, 3.63) is 35.4 Å². The van der Waals surface area contributed by atoms with E-state index >= 15 is 0 Å². The third kappa shape index (κ3) is 6.19. The molecule has 8 nitrogen and oxygen atoms in total. The highest BCUT2D eigenvalue weighted by molar-refractivity contribution is 5.94. The van der Waals surface area contributed by atoms with Gasteiger partial charge >= 0.3 is 0 Å². The van der Waals surface area contributed by atoms with E-state index in [2.05, 4.69) is 27.4 Å². The van der Waals surface area contributed by atoms with Gasteiger partial charge in [0.1, 0.15) is 6.10 Å². The molecule has 170 valence electrons.